The summed E-state index contributed by atoms with van der Waals surface area (Å²) in [6.45, 7) is -0.0203. The molecule has 1 N–H and O–H groups in total. The van der Waals surface area contributed by atoms with Crippen LogP contribution in [0.3, 0.4) is 0 Å². The molecule has 1 aromatic heterocycles. The topological polar surface area (TPSA) is 80.8 Å². The van der Waals surface area contributed by atoms with Crippen LogP contribution in [-0.2, 0) is 16.1 Å². The number of rotatable bonds is 7. The second-order valence-electron chi connectivity index (χ2n) is 7.24. The van der Waals surface area contributed by atoms with Crippen molar-refractivity contribution in [2.45, 2.75) is 12.9 Å². The Morgan fingerprint density at radius 3 is 2.38 bits per heavy atom. The number of alkyl halides is 3. The lowest BCUT2D eigenvalue weighted by Gasteiger charge is -2.15. The molecule has 0 unspecified atom stereocenters. The van der Waals surface area contributed by atoms with Crippen molar-refractivity contribution in [2.75, 3.05) is 12.4 Å². The highest BCUT2D eigenvalue weighted by atomic mass is 19.4. The van der Waals surface area contributed by atoms with E-state index in [-0.39, 0.29) is 23.5 Å². The van der Waals surface area contributed by atoms with Gasteiger partial charge in [0.15, 0.2) is 0 Å². The number of hydrogen-bond acceptors (Lipinski definition) is 6. The van der Waals surface area contributed by atoms with E-state index in [9.17, 15) is 22.8 Å². The van der Waals surface area contributed by atoms with Crippen LogP contribution in [0.25, 0.3) is 5.57 Å². The molecule has 0 atom stereocenters. The molecule has 0 saturated carbocycles. The van der Waals surface area contributed by atoms with Gasteiger partial charge in [-0.1, -0.05) is 24.3 Å². The van der Waals surface area contributed by atoms with Crippen LogP contribution in [0.1, 0.15) is 11.1 Å². The van der Waals surface area contributed by atoms with Gasteiger partial charge in [-0.05, 0) is 41.5 Å². The number of hydrogen-bond donors (Lipinski definition) is 1. The maximum Gasteiger partial charge on any atom is 0.573 e. The molecule has 2 aromatic carbocycles. The van der Waals surface area contributed by atoms with Crippen LogP contribution >= 0.6 is 0 Å². The largest absolute Gasteiger partial charge is 0.573 e. The lowest BCUT2D eigenvalue weighted by Crippen LogP contribution is -2.32. The van der Waals surface area contributed by atoms with Gasteiger partial charge in [-0.3, -0.25) is 19.5 Å². The zero-order valence-corrected chi connectivity index (χ0v) is 17.8. The molecule has 0 spiro atoms. The van der Waals surface area contributed by atoms with Crippen molar-refractivity contribution in [1.82, 2.24) is 9.88 Å². The summed E-state index contributed by atoms with van der Waals surface area (Å²) in [7, 11) is 1.50. The van der Waals surface area contributed by atoms with Crippen molar-refractivity contribution in [1.29, 1.82) is 0 Å². The van der Waals surface area contributed by atoms with Gasteiger partial charge in [-0.2, -0.15) is 0 Å². The normalized spacial score (nSPS) is 13.9. The number of amides is 2. The predicted octanol–water partition coefficient (Wildman–Crippen LogP) is 4.38. The molecule has 0 saturated heterocycles. The van der Waals surface area contributed by atoms with Gasteiger partial charge in [0.2, 0.25) is 0 Å². The quantitative estimate of drug-likeness (QED) is 0.518. The Hall–Kier alpha value is -4.34. The van der Waals surface area contributed by atoms with Crippen LogP contribution in [-0.4, -0.2) is 35.2 Å². The summed E-state index contributed by atoms with van der Waals surface area (Å²) in [4.78, 5) is 31.6. The summed E-state index contributed by atoms with van der Waals surface area (Å²) >= 11 is 0. The van der Waals surface area contributed by atoms with Gasteiger partial charge in [0.1, 0.15) is 17.2 Å². The smallest absolute Gasteiger partial charge is 0.497 e. The van der Waals surface area contributed by atoms with Gasteiger partial charge in [-0.25, -0.2) is 0 Å². The second kappa shape index (κ2) is 9.26. The molecule has 2 amide bonds. The number of nitrogens with zero attached hydrogens (tertiary/aromatic N) is 2. The second-order valence-corrected chi connectivity index (χ2v) is 7.24. The number of ether oxygens (including phenoxy) is 2. The molecule has 4 rings (SSSR count). The van der Waals surface area contributed by atoms with Crippen LogP contribution in [0.2, 0.25) is 0 Å². The first-order valence-corrected chi connectivity index (χ1v) is 10.0. The molecule has 10 heteroatoms. The minimum atomic E-state index is -4.87. The average molecular weight is 469 g/mol. The van der Waals surface area contributed by atoms with E-state index in [1.165, 1.54) is 25.4 Å². The lowest BCUT2D eigenvalue weighted by atomic mass is 10.0. The van der Waals surface area contributed by atoms with Crippen molar-refractivity contribution >= 4 is 23.1 Å². The SMILES string of the molecule is COc1ccc(C2=C(Nc3cccc(OC(F)(F)F)c3)C(=O)N(Cc3cccnc3)C2=O)cc1. The average Bonchev–Trinajstić information content (AvgIpc) is 3.03. The van der Waals surface area contributed by atoms with E-state index in [0.29, 0.717) is 16.9 Å². The van der Waals surface area contributed by atoms with Gasteiger partial charge >= 0.3 is 6.36 Å². The molecule has 0 aliphatic carbocycles. The number of anilines is 1. The highest BCUT2D eigenvalue weighted by molar-refractivity contribution is 6.36. The summed E-state index contributed by atoms with van der Waals surface area (Å²) in [5.74, 6) is -1.08. The molecule has 1 aliphatic rings. The Kier molecular flexibility index (Phi) is 6.22. The Morgan fingerprint density at radius 2 is 1.74 bits per heavy atom. The fourth-order valence-electron chi connectivity index (χ4n) is 3.45. The van der Waals surface area contributed by atoms with E-state index in [2.05, 4.69) is 15.0 Å². The first-order chi connectivity index (χ1) is 16.2. The fourth-order valence-corrected chi connectivity index (χ4v) is 3.45. The van der Waals surface area contributed by atoms with Crippen LogP contribution in [0, 0.1) is 0 Å². The monoisotopic (exact) mass is 469 g/mol. The van der Waals surface area contributed by atoms with E-state index < -0.39 is 23.9 Å². The number of benzene rings is 2. The van der Waals surface area contributed by atoms with Crippen molar-refractivity contribution in [3.63, 3.8) is 0 Å². The van der Waals surface area contributed by atoms with Crippen molar-refractivity contribution in [2.24, 2.45) is 0 Å². The molecule has 0 bridgehead atoms. The third kappa shape index (κ3) is 5.01. The number of nitrogens with one attached hydrogen (secondary N) is 1. The van der Waals surface area contributed by atoms with Crippen LogP contribution in [0.4, 0.5) is 18.9 Å². The van der Waals surface area contributed by atoms with Crippen molar-refractivity contribution < 1.29 is 32.2 Å². The summed E-state index contributed by atoms with van der Waals surface area (Å²) in [5.41, 5.74) is 1.24. The molecule has 174 valence electrons. The zero-order chi connectivity index (χ0) is 24.3. The van der Waals surface area contributed by atoms with Gasteiger partial charge < -0.3 is 14.8 Å². The maximum atomic E-state index is 13.3. The van der Waals surface area contributed by atoms with Crippen LogP contribution in [0.5, 0.6) is 11.5 Å². The lowest BCUT2D eigenvalue weighted by molar-refractivity contribution is -0.274. The van der Waals surface area contributed by atoms with Crippen LogP contribution in [0.15, 0.2) is 78.8 Å². The molecule has 0 fully saturated rings. The number of carbonyl (C=O) groups is 2. The first kappa shape index (κ1) is 22.8. The molecule has 0 radical (unpaired) electrons. The van der Waals surface area contributed by atoms with Gasteiger partial charge in [0.05, 0.1) is 19.2 Å². The van der Waals surface area contributed by atoms with E-state index in [4.69, 9.17) is 4.74 Å². The molecular weight excluding hydrogens is 451 g/mol. The number of carbonyl (C=O) groups excluding carboxylic acids is 2. The van der Waals surface area contributed by atoms with E-state index in [1.54, 1.807) is 42.6 Å². The third-order valence-electron chi connectivity index (χ3n) is 4.95. The van der Waals surface area contributed by atoms with Gasteiger partial charge in [0, 0.05) is 24.1 Å². The van der Waals surface area contributed by atoms with Gasteiger partial charge in [0.25, 0.3) is 11.8 Å². The Balaban J connectivity index is 1.71. The number of aromatic nitrogens is 1. The van der Waals surface area contributed by atoms with E-state index in [0.717, 1.165) is 17.0 Å². The minimum Gasteiger partial charge on any atom is -0.497 e. The zero-order valence-electron chi connectivity index (χ0n) is 17.8. The standard InChI is InChI=1S/C24H18F3N3O4/c1-33-18-9-7-16(8-10-18)20-21(29-17-5-2-6-19(12-17)34-24(25,26)27)23(32)30(22(20)31)14-15-4-3-11-28-13-15/h2-13,29H,14H2,1H3. The Labute approximate surface area is 192 Å². The predicted molar refractivity (Wildman–Crippen MR) is 116 cm³/mol. The Morgan fingerprint density at radius 1 is 0.971 bits per heavy atom. The van der Waals surface area contributed by atoms with Crippen molar-refractivity contribution in [3.05, 3.63) is 89.9 Å². The number of methoxy groups -OCH3 is 1. The molecular formula is C24H18F3N3O4. The van der Waals surface area contributed by atoms with Crippen molar-refractivity contribution in [3.8, 4) is 11.5 Å². The summed E-state index contributed by atoms with van der Waals surface area (Å²) in [6, 6.07) is 15.0. The maximum absolute atomic E-state index is 13.3. The highest BCUT2D eigenvalue weighted by Gasteiger charge is 2.39. The summed E-state index contributed by atoms with van der Waals surface area (Å²) in [6.07, 6.45) is -1.76. The number of halogens is 3. The highest BCUT2D eigenvalue weighted by Crippen LogP contribution is 2.33. The van der Waals surface area contributed by atoms with E-state index >= 15 is 0 Å². The first-order valence-electron chi connectivity index (χ1n) is 10.0. The van der Waals surface area contributed by atoms with Gasteiger partial charge in [-0.15, -0.1) is 13.2 Å². The summed E-state index contributed by atoms with van der Waals surface area (Å²) < 4.78 is 47.0. The minimum absolute atomic E-state index is 0.0203. The van der Waals surface area contributed by atoms with Crippen LogP contribution < -0.4 is 14.8 Å². The number of pyridine rings is 1. The van der Waals surface area contributed by atoms with E-state index in [1.807, 2.05) is 0 Å². The molecule has 1 aliphatic heterocycles. The number of imide groups is 1. The summed E-state index contributed by atoms with van der Waals surface area (Å²) in [5, 5.41) is 2.81. The molecule has 2 heterocycles. The molecule has 3 aromatic rings. The molecule has 7 nitrogen and oxygen atoms in total. The third-order valence-corrected chi connectivity index (χ3v) is 4.95. The Bertz CT molecular complexity index is 1240. The fraction of sp³-hybridized carbons (Fsp3) is 0.125. The molecule has 34 heavy (non-hydrogen) atoms.